The fourth-order valence-corrected chi connectivity index (χ4v) is 1.17. The van der Waals surface area contributed by atoms with E-state index in [0.29, 0.717) is 5.69 Å². The van der Waals surface area contributed by atoms with Crippen molar-refractivity contribution in [2.24, 2.45) is 0 Å². The number of ether oxygens (including phenoxy) is 1. The molecule has 1 heterocycles. The van der Waals surface area contributed by atoms with Gasteiger partial charge >= 0.3 is 0 Å². The third kappa shape index (κ3) is 2.58. The zero-order chi connectivity index (χ0) is 11.2. The van der Waals surface area contributed by atoms with Gasteiger partial charge in [0.15, 0.2) is 0 Å². The molecule has 2 rings (SSSR count). The quantitative estimate of drug-likeness (QED) is 0.674. The lowest BCUT2D eigenvalue weighted by Crippen LogP contribution is -1.83. The molecule has 0 unspecified atom stereocenters. The number of hydrogen-bond donors (Lipinski definition) is 0. The zero-order valence-corrected chi connectivity index (χ0v) is 8.84. The van der Waals surface area contributed by atoms with Gasteiger partial charge in [-0.2, -0.15) is 0 Å². The van der Waals surface area contributed by atoms with Crippen LogP contribution in [0, 0.1) is 11.8 Å². The van der Waals surface area contributed by atoms with Crippen LogP contribution in [0.2, 0.25) is 0 Å². The number of aromatic nitrogens is 2. The van der Waals surface area contributed by atoms with Crippen molar-refractivity contribution < 1.29 is 4.74 Å². The summed E-state index contributed by atoms with van der Waals surface area (Å²) in [4.78, 5) is 8.01. The topological polar surface area (TPSA) is 35.0 Å². The van der Waals surface area contributed by atoms with Crippen LogP contribution < -0.4 is 4.74 Å². The van der Waals surface area contributed by atoms with Crippen molar-refractivity contribution in [3.05, 3.63) is 54.1 Å². The monoisotopic (exact) mass is 210 g/mol. The van der Waals surface area contributed by atoms with E-state index in [4.69, 9.17) is 4.74 Å². The molecule has 0 N–H and O–H groups in total. The summed E-state index contributed by atoms with van der Waals surface area (Å²) in [7, 11) is 1.64. The molecule has 1 aromatic heterocycles. The van der Waals surface area contributed by atoms with E-state index < -0.39 is 0 Å². The third-order valence-corrected chi connectivity index (χ3v) is 1.99. The zero-order valence-electron chi connectivity index (χ0n) is 8.84. The van der Waals surface area contributed by atoms with E-state index in [-0.39, 0.29) is 0 Å². The second-order valence-corrected chi connectivity index (χ2v) is 3.07. The standard InChI is InChI=1S/C13H10N2O/c1-16-13-6-3-11(4-7-13)2-5-12-10-14-8-9-15-12/h3-4,6-10H,1H3. The van der Waals surface area contributed by atoms with E-state index in [1.165, 1.54) is 0 Å². The molecule has 0 saturated heterocycles. The Balaban J connectivity index is 2.18. The lowest BCUT2D eigenvalue weighted by molar-refractivity contribution is 0.415. The fraction of sp³-hybridized carbons (Fsp3) is 0.0769. The van der Waals surface area contributed by atoms with Crippen LogP contribution in [0.25, 0.3) is 0 Å². The van der Waals surface area contributed by atoms with Crippen molar-refractivity contribution >= 4 is 0 Å². The molecule has 0 saturated carbocycles. The Labute approximate surface area is 94.1 Å². The summed E-state index contributed by atoms with van der Waals surface area (Å²) in [5.41, 5.74) is 1.59. The van der Waals surface area contributed by atoms with Crippen molar-refractivity contribution in [3.8, 4) is 17.6 Å². The van der Waals surface area contributed by atoms with E-state index in [0.717, 1.165) is 11.3 Å². The second kappa shape index (κ2) is 4.94. The second-order valence-electron chi connectivity index (χ2n) is 3.07. The molecule has 78 valence electrons. The molecule has 1 aromatic carbocycles. The van der Waals surface area contributed by atoms with Crippen molar-refractivity contribution in [2.45, 2.75) is 0 Å². The highest BCUT2D eigenvalue weighted by Crippen LogP contribution is 2.10. The van der Waals surface area contributed by atoms with Crippen LogP contribution in [0.15, 0.2) is 42.9 Å². The summed E-state index contributed by atoms with van der Waals surface area (Å²) in [6.45, 7) is 0. The first-order chi connectivity index (χ1) is 7.88. The van der Waals surface area contributed by atoms with Gasteiger partial charge in [0.05, 0.1) is 13.3 Å². The van der Waals surface area contributed by atoms with Crippen LogP contribution in [-0.4, -0.2) is 17.1 Å². The minimum Gasteiger partial charge on any atom is -0.497 e. The Morgan fingerprint density at radius 1 is 1.06 bits per heavy atom. The van der Waals surface area contributed by atoms with Crippen molar-refractivity contribution in [2.75, 3.05) is 7.11 Å². The van der Waals surface area contributed by atoms with Crippen LogP contribution in [0.4, 0.5) is 0 Å². The lowest BCUT2D eigenvalue weighted by atomic mass is 10.2. The maximum Gasteiger partial charge on any atom is 0.131 e. The van der Waals surface area contributed by atoms with E-state index in [1.54, 1.807) is 25.7 Å². The van der Waals surface area contributed by atoms with Gasteiger partial charge < -0.3 is 4.74 Å². The molecule has 0 radical (unpaired) electrons. The van der Waals surface area contributed by atoms with E-state index in [1.807, 2.05) is 24.3 Å². The average Bonchev–Trinajstić information content (AvgIpc) is 2.38. The van der Waals surface area contributed by atoms with Crippen molar-refractivity contribution in [3.63, 3.8) is 0 Å². The van der Waals surface area contributed by atoms with Crippen LogP contribution >= 0.6 is 0 Å². The van der Waals surface area contributed by atoms with Gasteiger partial charge in [0.25, 0.3) is 0 Å². The molecule has 0 aliphatic heterocycles. The molecule has 0 atom stereocenters. The van der Waals surface area contributed by atoms with E-state index in [2.05, 4.69) is 21.8 Å². The maximum absolute atomic E-state index is 5.06. The van der Waals surface area contributed by atoms with Gasteiger partial charge in [0.2, 0.25) is 0 Å². The van der Waals surface area contributed by atoms with Crippen LogP contribution in [0.3, 0.4) is 0 Å². The molecule has 0 aliphatic carbocycles. The van der Waals surface area contributed by atoms with Gasteiger partial charge in [-0.25, -0.2) is 4.98 Å². The molecule has 3 heteroatoms. The number of benzene rings is 1. The molecule has 0 bridgehead atoms. The maximum atomic E-state index is 5.06. The molecular weight excluding hydrogens is 200 g/mol. The minimum absolute atomic E-state index is 0.665. The van der Waals surface area contributed by atoms with Crippen LogP contribution in [-0.2, 0) is 0 Å². The smallest absolute Gasteiger partial charge is 0.131 e. The third-order valence-electron chi connectivity index (χ3n) is 1.99. The molecular formula is C13H10N2O. The number of methoxy groups -OCH3 is 1. The number of nitrogens with zero attached hydrogens (tertiary/aromatic N) is 2. The molecule has 0 spiro atoms. The summed E-state index contributed by atoms with van der Waals surface area (Å²) >= 11 is 0. The summed E-state index contributed by atoms with van der Waals surface area (Å²) in [6.07, 6.45) is 4.88. The van der Waals surface area contributed by atoms with E-state index >= 15 is 0 Å². The lowest BCUT2D eigenvalue weighted by Gasteiger charge is -1.97. The Kier molecular flexibility index (Phi) is 3.15. The Bertz CT molecular complexity index is 509. The van der Waals surface area contributed by atoms with Gasteiger partial charge in [0, 0.05) is 18.0 Å². The number of rotatable bonds is 1. The first-order valence-electron chi connectivity index (χ1n) is 4.80. The predicted octanol–water partition coefficient (Wildman–Crippen LogP) is 1.89. The average molecular weight is 210 g/mol. The molecule has 2 aromatic rings. The Hall–Kier alpha value is -2.34. The molecule has 0 aliphatic rings. The van der Waals surface area contributed by atoms with Crippen molar-refractivity contribution in [1.82, 2.24) is 9.97 Å². The molecule has 3 nitrogen and oxygen atoms in total. The first kappa shape index (κ1) is 10.2. The minimum atomic E-state index is 0.665. The highest BCUT2D eigenvalue weighted by molar-refractivity contribution is 5.41. The van der Waals surface area contributed by atoms with Gasteiger partial charge in [-0.3, -0.25) is 4.98 Å². The van der Waals surface area contributed by atoms with Crippen LogP contribution in [0.1, 0.15) is 11.3 Å². The van der Waals surface area contributed by atoms with Gasteiger partial charge in [-0.15, -0.1) is 0 Å². The Morgan fingerprint density at radius 3 is 2.50 bits per heavy atom. The summed E-state index contributed by atoms with van der Waals surface area (Å²) in [5, 5.41) is 0. The largest absolute Gasteiger partial charge is 0.497 e. The predicted molar refractivity (Wildman–Crippen MR) is 61.0 cm³/mol. The fourth-order valence-electron chi connectivity index (χ4n) is 1.17. The summed E-state index contributed by atoms with van der Waals surface area (Å²) < 4.78 is 5.06. The summed E-state index contributed by atoms with van der Waals surface area (Å²) in [6, 6.07) is 7.56. The van der Waals surface area contributed by atoms with Crippen LogP contribution in [0.5, 0.6) is 5.75 Å². The molecule has 16 heavy (non-hydrogen) atoms. The highest BCUT2D eigenvalue weighted by Gasteiger charge is 1.90. The molecule has 0 fully saturated rings. The first-order valence-corrected chi connectivity index (χ1v) is 4.80. The van der Waals surface area contributed by atoms with Crippen molar-refractivity contribution in [1.29, 1.82) is 0 Å². The van der Waals surface area contributed by atoms with Gasteiger partial charge in [0.1, 0.15) is 11.4 Å². The highest BCUT2D eigenvalue weighted by atomic mass is 16.5. The van der Waals surface area contributed by atoms with Gasteiger partial charge in [-0.05, 0) is 30.2 Å². The normalized spacial score (nSPS) is 9.06. The number of hydrogen-bond acceptors (Lipinski definition) is 3. The van der Waals surface area contributed by atoms with E-state index in [9.17, 15) is 0 Å². The summed E-state index contributed by atoms with van der Waals surface area (Å²) in [5.74, 6) is 6.76. The SMILES string of the molecule is COc1ccc(C#Cc2cnccn2)cc1. The Morgan fingerprint density at radius 2 is 1.88 bits per heavy atom. The molecule has 0 amide bonds. The van der Waals surface area contributed by atoms with Gasteiger partial charge in [-0.1, -0.05) is 5.92 Å².